The van der Waals surface area contributed by atoms with Crippen LogP contribution in [0, 0.1) is 0 Å². The minimum absolute atomic E-state index is 0.0461. The first kappa shape index (κ1) is 23.7. The lowest BCUT2D eigenvalue weighted by atomic mass is 9.85. The van der Waals surface area contributed by atoms with E-state index in [0.29, 0.717) is 30.3 Å². The molecular weight excluding hydrogens is 454 g/mol. The summed E-state index contributed by atoms with van der Waals surface area (Å²) in [6, 6.07) is 21.7. The lowest BCUT2D eigenvalue weighted by Gasteiger charge is -2.27. The van der Waals surface area contributed by atoms with Crippen LogP contribution in [0.1, 0.15) is 49.1 Å². The number of aliphatic hydroxyl groups excluding tert-OH is 1. The molecule has 2 aliphatic rings. The number of Topliss-reactive ketones (excluding diaryl/α,β-unsaturated/α-hetero) is 1. The number of likely N-dealkylation sites (tertiary alicyclic amines) is 1. The first-order valence-corrected chi connectivity index (χ1v) is 12.1. The third kappa shape index (κ3) is 4.35. The van der Waals surface area contributed by atoms with Crippen molar-refractivity contribution in [3.8, 4) is 11.5 Å². The number of hydrogen-bond acceptors (Lipinski definition) is 5. The number of benzene rings is 3. The Labute approximate surface area is 210 Å². The second-order valence-electron chi connectivity index (χ2n) is 10.1. The molecule has 0 spiro atoms. The molecule has 3 aromatic carbocycles. The Kier molecular flexibility index (Phi) is 6.04. The van der Waals surface area contributed by atoms with Crippen LogP contribution >= 0.6 is 0 Å². The molecule has 6 heteroatoms. The molecule has 0 aliphatic carbocycles. The van der Waals surface area contributed by atoms with Crippen molar-refractivity contribution in [1.82, 2.24) is 4.90 Å². The molecule has 184 valence electrons. The highest BCUT2D eigenvalue weighted by Gasteiger charge is 2.46. The highest BCUT2D eigenvalue weighted by Crippen LogP contribution is 2.42. The van der Waals surface area contributed by atoms with Gasteiger partial charge in [-0.3, -0.25) is 9.59 Å². The van der Waals surface area contributed by atoms with Gasteiger partial charge in [0.05, 0.1) is 11.6 Å². The molecule has 0 unspecified atom stereocenters. The van der Waals surface area contributed by atoms with E-state index in [1.807, 2.05) is 54.6 Å². The van der Waals surface area contributed by atoms with E-state index in [1.165, 1.54) is 4.90 Å². The van der Waals surface area contributed by atoms with E-state index in [9.17, 15) is 14.7 Å². The maximum atomic E-state index is 13.4. The molecule has 1 N–H and O–H groups in total. The summed E-state index contributed by atoms with van der Waals surface area (Å²) in [5, 5.41) is 11.4. The Morgan fingerprint density at radius 3 is 2.25 bits per heavy atom. The van der Waals surface area contributed by atoms with Crippen LogP contribution in [-0.4, -0.2) is 34.9 Å². The number of nitrogens with zero attached hydrogens (tertiary/aromatic N) is 1. The molecule has 3 aromatic rings. The molecule has 1 atom stereocenters. The Hall–Kier alpha value is -4.06. The van der Waals surface area contributed by atoms with Crippen LogP contribution in [0.25, 0.3) is 5.76 Å². The SMILES string of the molecule is CC(C)(C)c1ccc([C@@H]2/C(=C(\O)c3ccc4c(c3)OCCO4)C(=O)C(=O)N2Cc2ccccc2)cc1. The van der Waals surface area contributed by atoms with Gasteiger partial charge in [0, 0.05) is 12.1 Å². The topological polar surface area (TPSA) is 76.1 Å². The largest absolute Gasteiger partial charge is 0.507 e. The van der Waals surface area contributed by atoms with E-state index in [-0.39, 0.29) is 23.3 Å². The predicted octanol–water partition coefficient (Wildman–Crippen LogP) is 5.38. The molecule has 5 rings (SSSR count). The van der Waals surface area contributed by atoms with Crippen LogP contribution in [0.2, 0.25) is 0 Å². The second-order valence-corrected chi connectivity index (χ2v) is 10.1. The number of ketones is 1. The first-order valence-electron chi connectivity index (χ1n) is 12.1. The summed E-state index contributed by atoms with van der Waals surface area (Å²) in [5.41, 5.74) is 3.21. The summed E-state index contributed by atoms with van der Waals surface area (Å²) in [4.78, 5) is 28.2. The number of fused-ring (bicyclic) bond motifs is 1. The van der Waals surface area contributed by atoms with Crippen LogP contribution in [0.3, 0.4) is 0 Å². The summed E-state index contributed by atoms with van der Waals surface area (Å²) in [6.07, 6.45) is 0. The summed E-state index contributed by atoms with van der Waals surface area (Å²) in [7, 11) is 0. The third-order valence-electron chi connectivity index (χ3n) is 6.64. The zero-order chi connectivity index (χ0) is 25.4. The Balaban J connectivity index is 1.63. The normalized spacial score (nSPS) is 19.0. The maximum absolute atomic E-state index is 13.4. The van der Waals surface area contributed by atoms with Crippen molar-refractivity contribution in [3.63, 3.8) is 0 Å². The van der Waals surface area contributed by atoms with Gasteiger partial charge in [-0.05, 0) is 40.3 Å². The number of ether oxygens (including phenoxy) is 2. The summed E-state index contributed by atoms with van der Waals surface area (Å²) < 4.78 is 11.2. The molecule has 0 bridgehead atoms. The van der Waals surface area contributed by atoms with Gasteiger partial charge in [0.2, 0.25) is 0 Å². The first-order chi connectivity index (χ1) is 17.2. The van der Waals surface area contributed by atoms with Gasteiger partial charge in [0.25, 0.3) is 11.7 Å². The third-order valence-corrected chi connectivity index (χ3v) is 6.64. The van der Waals surface area contributed by atoms with E-state index in [2.05, 4.69) is 20.8 Å². The van der Waals surface area contributed by atoms with Gasteiger partial charge in [-0.25, -0.2) is 0 Å². The van der Waals surface area contributed by atoms with Gasteiger partial charge in [-0.1, -0.05) is 75.4 Å². The number of carbonyl (C=O) groups is 2. The van der Waals surface area contributed by atoms with Gasteiger partial charge in [-0.15, -0.1) is 0 Å². The fourth-order valence-corrected chi connectivity index (χ4v) is 4.68. The molecule has 36 heavy (non-hydrogen) atoms. The zero-order valence-electron chi connectivity index (χ0n) is 20.7. The Morgan fingerprint density at radius 2 is 1.58 bits per heavy atom. The number of rotatable bonds is 4. The van der Waals surface area contributed by atoms with Crippen molar-refractivity contribution in [1.29, 1.82) is 0 Å². The van der Waals surface area contributed by atoms with Crippen molar-refractivity contribution < 1.29 is 24.2 Å². The minimum atomic E-state index is -0.729. The Bertz CT molecular complexity index is 1340. The average Bonchev–Trinajstić information content (AvgIpc) is 3.13. The molecule has 2 aliphatic heterocycles. The molecular formula is C30H29NO5. The lowest BCUT2D eigenvalue weighted by Crippen LogP contribution is -2.29. The van der Waals surface area contributed by atoms with Gasteiger partial charge in [0.15, 0.2) is 11.5 Å². The smallest absolute Gasteiger partial charge is 0.295 e. The van der Waals surface area contributed by atoms with Crippen LogP contribution < -0.4 is 9.47 Å². The lowest BCUT2D eigenvalue weighted by molar-refractivity contribution is -0.140. The summed E-state index contributed by atoms with van der Waals surface area (Å²) >= 11 is 0. The van der Waals surface area contributed by atoms with Crippen molar-refractivity contribution in [2.75, 3.05) is 13.2 Å². The molecule has 2 heterocycles. The van der Waals surface area contributed by atoms with Gasteiger partial charge >= 0.3 is 0 Å². The van der Waals surface area contributed by atoms with Crippen LogP contribution in [0.5, 0.6) is 11.5 Å². The number of carbonyl (C=O) groups excluding carboxylic acids is 2. The maximum Gasteiger partial charge on any atom is 0.295 e. The fraction of sp³-hybridized carbons (Fsp3) is 0.267. The predicted molar refractivity (Wildman–Crippen MR) is 137 cm³/mol. The van der Waals surface area contributed by atoms with E-state index >= 15 is 0 Å². The minimum Gasteiger partial charge on any atom is -0.507 e. The summed E-state index contributed by atoms with van der Waals surface area (Å²) in [5.74, 6) is -0.497. The quantitative estimate of drug-likeness (QED) is 0.306. The molecule has 0 radical (unpaired) electrons. The Morgan fingerprint density at radius 1 is 0.917 bits per heavy atom. The average molecular weight is 484 g/mol. The fourth-order valence-electron chi connectivity index (χ4n) is 4.68. The van der Waals surface area contributed by atoms with Gasteiger partial charge < -0.3 is 19.5 Å². The summed E-state index contributed by atoms with van der Waals surface area (Å²) in [6.45, 7) is 7.49. The highest BCUT2D eigenvalue weighted by atomic mass is 16.6. The van der Waals surface area contributed by atoms with Crippen molar-refractivity contribution in [2.45, 2.75) is 38.8 Å². The molecule has 0 aromatic heterocycles. The van der Waals surface area contributed by atoms with Crippen molar-refractivity contribution in [3.05, 3.63) is 101 Å². The van der Waals surface area contributed by atoms with Gasteiger partial charge in [0.1, 0.15) is 19.0 Å². The second kappa shape index (κ2) is 9.19. The molecule has 1 fully saturated rings. The highest BCUT2D eigenvalue weighted by molar-refractivity contribution is 6.46. The standard InChI is InChI=1S/C30H29NO5/c1-30(2,3)22-12-9-20(10-13-22)26-25(27(32)21-11-14-23-24(17-21)36-16-15-35-23)28(33)29(34)31(26)18-19-7-5-4-6-8-19/h4-14,17,26,32H,15-16,18H2,1-3H3/b27-25+/t26-/m1/s1. The molecule has 6 nitrogen and oxygen atoms in total. The number of aliphatic hydroxyl groups is 1. The van der Waals surface area contributed by atoms with E-state index in [4.69, 9.17) is 9.47 Å². The van der Waals surface area contributed by atoms with E-state index < -0.39 is 17.7 Å². The number of amides is 1. The van der Waals surface area contributed by atoms with Crippen LogP contribution in [-0.2, 0) is 21.5 Å². The van der Waals surface area contributed by atoms with Crippen molar-refractivity contribution in [2.24, 2.45) is 0 Å². The molecule has 1 saturated heterocycles. The number of hydrogen-bond donors (Lipinski definition) is 1. The zero-order valence-corrected chi connectivity index (χ0v) is 20.7. The monoisotopic (exact) mass is 483 g/mol. The molecule has 1 amide bonds. The van der Waals surface area contributed by atoms with Crippen LogP contribution in [0.15, 0.2) is 78.4 Å². The van der Waals surface area contributed by atoms with E-state index in [1.54, 1.807) is 18.2 Å². The van der Waals surface area contributed by atoms with Crippen LogP contribution in [0.4, 0.5) is 0 Å². The van der Waals surface area contributed by atoms with Gasteiger partial charge in [-0.2, -0.15) is 0 Å². The van der Waals surface area contributed by atoms with E-state index in [0.717, 1.165) is 16.7 Å². The van der Waals surface area contributed by atoms with Crippen molar-refractivity contribution >= 4 is 17.4 Å². The molecule has 0 saturated carbocycles.